The van der Waals surface area contributed by atoms with E-state index in [4.69, 9.17) is 24.4 Å². The summed E-state index contributed by atoms with van der Waals surface area (Å²) >= 11 is 0. The van der Waals surface area contributed by atoms with Crippen molar-refractivity contribution >= 4 is 0 Å². The van der Waals surface area contributed by atoms with Gasteiger partial charge in [0, 0.05) is 13.2 Å². The summed E-state index contributed by atoms with van der Waals surface area (Å²) in [4.78, 5) is 0. The molecular weight excluding hydrogens is 248 g/mol. The van der Waals surface area contributed by atoms with E-state index in [-0.39, 0.29) is 6.61 Å². The second kappa shape index (κ2) is 17.8. The van der Waals surface area contributed by atoms with Crippen molar-refractivity contribution in [1.29, 1.82) is 0 Å². The normalized spacial score (nSPS) is 11.1. The van der Waals surface area contributed by atoms with Crippen molar-refractivity contribution in [3.63, 3.8) is 0 Å². The molecule has 0 spiro atoms. The second-order valence-corrected chi connectivity index (χ2v) is 4.41. The molecule has 0 aliphatic heterocycles. The highest BCUT2D eigenvalue weighted by Gasteiger charge is 1.93. The van der Waals surface area contributed by atoms with Gasteiger partial charge in [-0.3, -0.25) is 0 Å². The van der Waals surface area contributed by atoms with Crippen LogP contribution < -0.4 is 0 Å². The van der Waals surface area contributed by atoms with Crippen LogP contribution in [0.15, 0.2) is 0 Å². The van der Waals surface area contributed by atoms with Gasteiger partial charge in [0.25, 0.3) is 0 Å². The minimum atomic E-state index is 0.0586. The average Bonchev–Trinajstić information content (AvgIpc) is 2.43. The van der Waals surface area contributed by atoms with Crippen molar-refractivity contribution in [1.82, 2.24) is 0 Å². The van der Waals surface area contributed by atoms with E-state index in [1.54, 1.807) is 0 Å². The van der Waals surface area contributed by atoms with Crippen LogP contribution in [0.4, 0.5) is 0 Å². The molecule has 0 rings (SSSR count). The van der Waals surface area contributed by atoms with Crippen LogP contribution in [0.3, 0.4) is 0 Å². The van der Waals surface area contributed by atoms with Crippen LogP contribution in [0.2, 0.25) is 0 Å². The zero-order valence-electron chi connectivity index (χ0n) is 12.0. The van der Waals surface area contributed by atoms with Crippen LogP contribution in [0.25, 0.3) is 0 Å². The summed E-state index contributed by atoms with van der Waals surface area (Å²) in [5.74, 6) is 0. The minimum absolute atomic E-state index is 0.0586. The van der Waals surface area contributed by atoms with Crippen LogP contribution in [0.1, 0.15) is 38.5 Å². The Hall–Kier alpha value is -0.200. The van der Waals surface area contributed by atoms with E-state index < -0.39 is 0 Å². The maximum absolute atomic E-state index is 8.62. The van der Waals surface area contributed by atoms with Gasteiger partial charge in [-0.25, -0.2) is 0 Å². The molecule has 0 saturated heterocycles. The number of ether oxygens (including phenoxy) is 3. The lowest BCUT2D eigenvalue weighted by molar-refractivity contribution is 0.00719. The zero-order valence-corrected chi connectivity index (χ0v) is 12.0. The monoisotopic (exact) mass is 278 g/mol. The van der Waals surface area contributed by atoms with E-state index in [0.29, 0.717) is 39.6 Å². The molecule has 2 N–H and O–H groups in total. The Balaban J connectivity index is 2.88. The number of hydrogen-bond acceptors (Lipinski definition) is 5. The first-order valence-corrected chi connectivity index (χ1v) is 7.36. The van der Waals surface area contributed by atoms with Crippen LogP contribution >= 0.6 is 0 Å². The average molecular weight is 278 g/mol. The molecule has 0 atom stereocenters. The predicted octanol–water partition coefficient (Wildman–Crippen LogP) is 1.36. The summed E-state index contributed by atoms with van der Waals surface area (Å²) in [6.07, 6.45) is 6.78. The number of hydrogen-bond donors (Lipinski definition) is 2. The first-order chi connectivity index (χ1) is 9.41. The van der Waals surface area contributed by atoms with E-state index in [9.17, 15) is 0 Å². The Morgan fingerprint density at radius 1 is 0.421 bits per heavy atom. The van der Waals surface area contributed by atoms with E-state index in [0.717, 1.165) is 25.9 Å². The van der Waals surface area contributed by atoms with Gasteiger partial charge < -0.3 is 24.4 Å². The SMILES string of the molecule is OCCCCCCCCOCCOCCOCCO. The van der Waals surface area contributed by atoms with Gasteiger partial charge in [0.2, 0.25) is 0 Å². The van der Waals surface area contributed by atoms with Gasteiger partial charge in [-0.05, 0) is 12.8 Å². The highest BCUT2D eigenvalue weighted by molar-refractivity contribution is 4.44. The quantitative estimate of drug-likeness (QED) is 0.417. The van der Waals surface area contributed by atoms with E-state index >= 15 is 0 Å². The lowest BCUT2D eigenvalue weighted by atomic mass is 10.1. The zero-order chi connectivity index (χ0) is 14.0. The highest BCUT2D eigenvalue weighted by atomic mass is 16.5. The molecule has 0 heterocycles. The lowest BCUT2D eigenvalue weighted by Crippen LogP contribution is -2.11. The lowest BCUT2D eigenvalue weighted by Gasteiger charge is -2.06. The van der Waals surface area contributed by atoms with Crippen LogP contribution in [-0.4, -0.2) is 63.1 Å². The predicted molar refractivity (Wildman–Crippen MR) is 74.3 cm³/mol. The molecule has 0 aliphatic carbocycles. The molecule has 0 fully saturated rings. The third-order valence-electron chi connectivity index (χ3n) is 2.68. The maximum Gasteiger partial charge on any atom is 0.0701 e. The van der Waals surface area contributed by atoms with Gasteiger partial charge in [-0.2, -0.15) is 0 Å². The summed E-state index contributed by atoms with van der Waals surface area (Å²) in [7, 11) is 0. The summed E-state index contributed by atoms with van der Waals surface area (Å²) in [5, 5.41) is 17.1. The Morgan fingerprint density at radius 2 is 0.895 bits per heavy atom. The van der Waals surface area contributed by atoms with Crippen molar-refractivity contribution in [3.8, 4) is 0 Å². The van der Waals surface area contributed by atoms with Crippen molar-refractivity contribution in [3.05, 3.63) is 0 Å². The number of rotatable bonds is 16. The van der Waals surface area contributed by atoms with E-state index in [1.165, 1.54) is 19.3 Å². The van der Waals surface area contributed by atoms with Crippen LogP contribution in [0, 0.1) is 0 Å². The fourth-order valence-electron chi connectivity index (χ4n) is 1.63. The standard InChI is InChI=1S/C14H30O5/c15-7-5-3-1-2-4-6-9-17-11-13-19-14-12-18-10-8-16/h15-16H,1-14H2. The summed E-state index contributed by atoms with van der Waals surface area (Å²) < 4.78 is 15.8. The Morgan fingerprint density at radius 3 is 1.47 bits per heavy atom. The molecule has 0 aromatic rings. The molecule has 19 heavy (non-hydrogen) atoms. The van der Waals surface area contributed by atoms with Gasteiger partial charge in [0.1, 0.15) is 0 Å². The first kappa shape index (κ1) is 18.8. The van der Waals surface area contributed by atoms with Crippen molar-refractivity contribution in [2.75, 3.05) is 52.9 Å². The first-order valence-electron chi connectivity index (χ1n) is 7.36. The molecule has 0 aliphatic rings. The molecule has 5 nitrogen and oxygen atoms in total. The van der Waals surface area contributed by atoms with Crippen molar-refractivity contribution < 1.29 is 24.4 Å². The Bertz CT molecular complexity index is 139. The number of aliphatic hydroxyl groups is 2. The second-order valence-electron chi connectivity index (χ2n) is 4.41. The van der Waals surface area contributed by atoms with Crippen LogP contribution in [-0.2, 0) is 14.2 Å². The third kappa shape index (κ3) is 17.8. The molecule has 0 saturated carbocycles. The Kier molecular flexibility index (Phi) is 17.6. The highest BCUT2D eigenvalue weighted by Crippen LogP contribution is 2.04. The molecule has 0 bridgehead atoms. The largest absolute Gasteiger partial charge is 0.396 e. The maximum atomic E-state index is 8.62. The van der Waals surface area contributed by atoms with Gasteiger partial charge in [0.05, 0.1) is 39.6 Å². The topological polar surface area (TPSA) is 68.2 Å². The summed E-state index contributed by atoms with van der Waals surface area (Å²) in [6.45, 7) is 3.84. The summed E-state index contributed by atoms with van der Waals surface area (Å²) in [6, 6.07) is 0. The third-order valence-corrected chi connectivity index (χ3v) is 2.68. The van der Waals surface area contributed by atoms with Crippen LogP contribution in [0.5, 0.6) is 0 Å². The molecule has 0 aromatic carbocycles. The smallest absolute Gasteiger partial charge is 0.0701 e. The summed E-state index contributed by atoms with van der Waals surface area (Å²) in [5.41, 5.74) is 0. The van der Waals surface area contributed by atoms with Crippen molar-refractivity contribution in [2.45, 2.75) is 38.5 Å². The minimum Gasteiger partial charge on any atom is -0.396 e. The fraction of sp³-hybridized carbons (Fsp3) is 1.00. The molecule has 0 amide bonds. The Labute approximate surface area is 116 Å². The van der Waals surface area contributed by atoms with Gasteiger partial charge in [0.15, 0.2) is 0 Å². The van der Waals surface area contributed by atoms with Gasteiger partial charge >= 0.3 is 0 Å². The molecule has 116 valence electrons. The number of unbranched alkanes of at least 4 members (excludes halogenated alkanes) is 5. The van der Waals surface area contributed by atoms with Gasteiger partial charge in [-0.15, -0.1) is 0 Å². The molecular formula is C14H30O5. The molecule has 0 aromatic heterocycles. The van der Waals surface area contributed by atoms with E-state index in [1.807, 2.05) is 0 Å². The number of aliphatic hydroxyl groups excluding tert-OH is 2. The fourth-order valence-corrected chi connectivity index (χ4v) is 1.63. The molecule has 0 radical (unpaired) electrons. The van der Waals surface area contributed by atoms with Gasteiger partial charge in [-0.1, -0.05) is 25.7 Å². The van der Waals surface area contributed by atoms with Crippen molar-refractivity contribution in [2.24, 2.45) is 0 Å². The molecule has 5 heteroatoms. The molecule has 0 unspecified atom stereocenters. The van der Waals surface area contributed by atoms with E-state index in [2.05, 4.69) is 0 Å².